The van der Waals surface area contributed by atoms with Crippen LogP contribution in [-0.4, -0.2) is 17.6 Å². The molecule has 0 saturated carbocycles. The number of benzene rings is 1. The van der Waals surface area contributed by atoms with E-state index in [9.17, 15) is 4.79 Å². The fourth-order valence-electron chi connectivity index (χ4n) is 1.88. The minimum absolute atomic E-state index is 0.267. The third-order valence-electron chi connectivity index (χ3n) is 3.09. The Balaban J connectivity index is 1.80. The van der Waals surface area contributed by atoms with Gasteiger partial charge in [-0.25, -0.2) is 9.78 Å². The van der Waals surface area contributed by atoms with Gasteiger partial charge in [-0.2, -0.15) is 0 Å². The molecule has 118 valence electrons. The van der Waals surface area contributed by atoms with Crippen LogP contribution in [0.25, 0.3) is 0 Å². The molecular weight excluding hydrogens is 320 g/mol. The number of unbranched alkanes of at least 4 members (excludes halogenated alkanes) is 2. The normalized spacial score (nSPS) is 10.5. The van der Waals surface area contributed by atoms with Crippen LogP contribution in [-0.2, 0) is 11.3 Å². The largest absolute Gasteiger partial charge is 0.462 e. The van der Waals surface area contributed by atoms with E-state index in [-0.39, 0.29) is 5.97 Å². The van der Waals surface area contributed by atoms with Crippen molar-refractivity contribution < 1.29 is 9.53 Å². The topological polar surface area (TPSA) is 51.2 Å². The lowest BCUT2D eigenvalue weighted by Crippen LogP contribution is -2.06. The summed E-state index contributed by atoms with van der Waals surface area (Å²) in [5.74, 6) is -0.267. The first kappa shape index (κ1) is 16.8. The van der Waals surface area contributed by atoms with Crippen molar-refractivity contribution in [3.05, 3.63) is 45.4 Å². The van der Waals surface area contributed by atoms with Gasteiger partial charge in [0.15, 0.2) is 4.47 Å². The Morgan fingerprint density at radius 1 is 1.32 bits per heavy atom. The highest BCUT2D eigenvalue weighted by molar-refractivity contribution is 7.15. The van der Waals surface area contributed by atoms with Crippen LogP contribution in [0.3, 0.4) is 0 Å². The standard InChI is InChI=1S/C16H19ClN2O2S/c1-2-3-4-9-21-15(20)12-5-7-13(8-6-12)18-10-14-11-19-16(17)22-14/h5-8,11,18H,2-4,9-10H2,1H3. The molecule has 0 bridgehead atoms. The molecule has 1 N–H and O–H groups in total. The van der Waals surface area contributed by atoms with Gasteiger partial charge in [0, 0.05) is 16.8 Å². The lowest BCUT2D eigenvalue weighted by atomic mass is 10.2. The van der Waals surface area contributed by atoms with Crippen molar-refractivity contribution in [3.63, 3.8) is 0 Å². The van der Waals surface area contributed by atoms with Gasteiger partial charge in [0.1, 0.15) is 0 Å². The quantitative estimate of drug-likeness (QED) is 0.557. The van der Waals surface area contributed by atoms with Gasteiger partial charge in [-0.15, -0.1) is 11.3 Å². The molecule has 0 spiro atoms. The molecule has 4 nitrogen and oxygen atoms in total. The van der Waals surface area contributed by atoms with Gasteiger partial charge < -0.3 is 10.1 Å². The minimum Gasteiger partial charge on any atom is -0.462 e. The predicted molar refractivity (Wildman–Crippen MR) is 90.7 cm³/mol. The average molecular weight is 339 g/mol. The number of carbonyl (C=O) groups excluding carboxylic acids is 1. The molecule has 0 amide bonds. The van der Waals surface area contributed by atoms with Crippen molar-refractivity contribution in [2.45, 2.75) is 32.7 Å². The molecule has 6 heteroatoms. The highest BCUT2D eigenvalue weighted by Crippen LogP contribution is 2.19. The number of rotatable bonds is 8. The number of halogens is 1. The molecule has 0 aliphatic heterocycles. The summed E-state index contributed by atoms with van der Waals surface area (Å²) < 4.78 is 5.76. The second kappa shape index (κ2) is 8.76. The summed E-state index contributed by atoms with van der Waals surface area (Å²) in [6, 6.07) is 7.27. The molecule has 0 aliphatic rings. The Morgan fingerprint density at radius 2 is 2.09 bits per heavy atom. The second-order valence-corrected chi connectivity index (χ2v) is 6.55. The maximum absolute atomic E-state index is 11.8. The lowest BCUT2D eigenvalue weighted by Gasteiger charge is -2.07. The van der Waals surface area contributed by atoms with Crippen LogP contribution in [0.5, 0.6) is 0 Å². The van der Waals surface area contributed by atoms with Crippen LogP contribution in [0, 0.1) is 0 Å². The van der Waals surface area contributed by atoms with Crippen LogP contribution in [0.1, 0.15) is 41.4 Å². The molecule has 0 aliphatic carbocycles. The van der Waals surface area contributed by atoms with Gasteiger partial charge in [0.05, 0.1) is 18.7 Å². The van der Waals surface area contributed by atoms with Crippen molar-refractivity contribution in [2.24, 2.45) is 0 Å². The number of nitrogens with one attached hydrogen (secondary N) is 1. The van der Waals surface area contributed by atoms with E-state index < -0.39 is 0 Å². The number of anilines is 1. The van der Waals surface area contributed by atoms with E-state index in [1.807, 2.05) is 12.1 Å². The average Bonchev–Trinajstić information content (AvgIpc) is 2.95. The monoisotopic (exact) mass is 338 g/mol. The van der Waals surface area contributed by atoms with Crippen molar-refractivity contribution >= 4 is 34.6 Å². The van der Waals surface area contributed by atoms with Gasteiger partial charge in [-0.1, -0.05) is 31.4 Å². The number of hydrogen-bond acceptors (Lipinski definition) is 5. The third kappa shape index (κ3) is 5.31. The molecule has 0 fully saturated rings. The SMILES string of the molecule is CCCCCOC(=O)c1ccc(NCc2cnc(Cl)s2)cc1. The number of thiazole rings is 1. The highest BCUT2D eigenvalue weighted by atomic mass is 35.5. The summed E-state index contributed by atoms with van der Waals surface area (Å²) in [6.45, 7) is 3.26. The van der Waals surface area contributed by atoms with Gasteiger partial charge >= 0.3 is 5.97 Å². The molecule has 0 atom stereocenters. The lowest BCUT2D eigenvalue weighted by molar-refractivity contribution is 0.0498. The van der Waals surface area contributed by atoms with E-state index in [1.165, 1.54) is 11.3 Å². The van der Waals surface area contributed by atoms with Crippen LogP contribution in [0.2, 0.25) is 4.47 Å². The molecule has 2 aromatic rings. The van der Waals surface area contributed by atoms with E-state index in [4.69, 9.17) is 16.3 Å². The summed E-state index contributed by atoms with van der Waals surface area (Å²) in [7, 11) is 0. The number of carbonyl (C=O) groups is 1. The van der Waals surface area contributed by atoms with E-state index in [1.54, 1.807) is 18.3 Å². The molecular formula is C16H19ClN2O2S. The van der Waals surface area contributed by atoms with Crippen LogP contribution >= 0.6 is 22.9 Å². The fraction of sp³-hybridized carbons (Fsp3) is 0.375. The van der Waals surface area contributed by atoms with E-state index in [2.05, 4.69) is 17.2 Å². The van der Waals surface area contributed by atoms with Crippen LogP contribution < -0.4 is 5.32 Å². The highest BCUT2D eigenvalue weighted by Gasteiger charge is 2.06. The molecule has 2 rings (SSSR count). The van der Waals surface area contributed by atoms with E-state index in [0.29, 0.717) is 23.2 Å². The smallest absolute Gasteiger partial charge is 0.338 e. The van der Waals surface area contributed by atoms with Crippen molar-refractivity contribution in [3.8, 4) is 0 Å². The second-order valence-electron chi connectivity index (χ2n) is 4.85. The third-order valence-corrected chi connectivity index (χ3v) is 4.21. The Bertz CT molecular complexity index is 598. The van der Waals surface area contributed by atoms with E-state index in [0.717, 1.165) is 29.8 Å². The van der Waals surface area contributed by atoms with Crippen LogP contribution in [0.15, 0.2) is 30.5 Å². The zero-order valence-electron chi connectivity index (χ0n) is 12.5. The van der Waals surface area contributed by atoms with Crippen molar-refractivity contribution in [2.75, 3.05) is 11.9 Å². The number of esters is 1. The van der Waals surface area contributed by atoms with Crippen molar-refractivity contribution in [1.82, 2.24) is 4.98 Å². The maximum Gasteiger partial charge on any atom is 0.338 e. The molecule has 22 heavy (non-hydrogen) atoms. The number of aromatic nitrogens is 1. The summed E-state index contributed by atoms with van der Waals surface area (Å²) >= 11 is 7.23. The molecule has 1 aromatic carbocycles. The summed E-state index contributed by atoms with van der Waals surface area (Å²) in [6.07, 6.45) is 4.86. The zero-order valence-corrected chi connectivity index (χ0v) is 14.0. The predicted octanol–water partition coefficient (Wildman–Crippen LogP) is 4.76. The molecule has 0 unspecified atom stereocenters. The Kier molecular flexibility index (Phi) is 6.68. The summed E-state index contributed by atoms with van der Waals surface area (Å²) in [5, 5.41) is 3.26. The Hall–Kier alpha value is -1.59. The van der Waals surface area contributed by atoms with Gasteiger partial charge in [0.2, 0.25) is 0 Å². The van der Waals surface area contributed by atoms with Gasteiger partial charge in [-0.3, -0.25) is 0 Å². The Morgan fingerprint density at radius 3 is 2.73 bits per heavy atom. The first-order chi connectivity index (χ1) is 10.7. The Labute approximate surface area is 139 Å². The summed E-state index contributed by atoms with van der Waals surface area (Å²) in [5.41, 5.74) is 1.51. The zero-order chi connectivity index (χ0) is 15.8. The maximum atomic E-state index is 11.8. The van der Waals surface area contributed by atoms with E-state index >= 15 is 0 Å². The first-order valence-electron chi connectivity index (χ1n) is 7.30. The number of ether oxygens (including phenoxy) is 1. The van der Waals surface area contributed by atoms with Crippen LogP contribution in [0.4, 0.5) is 5.69 Å². The number of hydrogen-bond donors (Lipinski definition) is 1. The minimum atomic E-state index is -0.267. The molecule has 1 aromatic heterocycles. The van der Waals surface area contributed by atoms with Gasteiger partial charge in [0.25, 0.3) is 0 Å². The van der Waals surface area contributed by atoms with Gasteiger partial charge in [-0.05, 0) is 30.7 Å². The van der Waals surface area contributed by atoms with Crippen molar-refractivity contribution in [1.29, 1.82) is 0 Å². The first-order valence-corrected chi connectivity index (χ1v) is 8.49. The molecule has 1 heterocycles. The molecule has 0 saturated heterocycles. The number of nitrogens with zero attached hydrogens (tertiary/aromatic N) is 1. The molecule has 0 radical (unpaired) electrons. The summed E-state index contributed by atoms with van der Waals surface area (Å²) in [4.78, 5) is 16.9. The fourth-order valence-corrected chi connectivity index (χ4v) is 2.80.